The van der Waals surface area contributed by atoms with Crippen molar-refractivity contribution in [1.29, 1.82) is 0 Å². The molecular formula is C71H111I9N12O33. The van der Waals surface area contributed by atoms with Gasteiger partial charge in [0.25, 0.3) is 35.4 Å². The Morgan fingerprint density at radius 1 is 0.216 bits per heavy atom. The first-order valence-corrected chi connectivity index (χ1v) is 46.9. The average molecular weight is 2800 g/mol. The van der Waals surface area contributed by atoms with Crippen molar-refractivity contribution in [2.45, 2.75) is 87.1 Å². The van der Waals surface area contributed by atoms with Crippen molar-refractivity contribution in [2.75, 3.05) is 216 Å². The van der Waals surface area contributed by atoms with Crippen LogP contribution in [0.1, 0.15) is 76.0 Å². The highest BCUT2D eigenvalue weighted by molar-refractivity contribution is 14.1. The second-order valence-electron chi connectivity index (χ2n) is 27.5. The van der Waals surface area contributed by atoms with Gasteiger partial charge < -0.3 is 183 Å². The van der Waals surface area contributed by atoms with Crippen molar-refractivity contribution < 1.29 is 166 Å². The van der Waals surface area contributed by atoms with Crippen LogP contribution in [0.5, 0.6) is 0 Å². The fraction of sp³-hybridized carbons (Fsp3) is 0.620. The summed E-state index contributed by atoms with van der Waals surface area (Å²) in [5.41, 5.74) is -0.411. The van der Waals surface area contributed by atoms with Crippen molar-refractivity contribution >= 4 is 274 Å². The van der Waals surface area contributed by atoms with E-state index >= 15 is 0 Å². The molecule has 0 aliphatic rings. The molecule has 0 aromatic heterocycles. The Labute approximate surface area is 842 Å². The zero-order chi connectivity index (χ0) is 96.8. The number of urea groups is 3. The van der Waals surface area contributed by atoms with Crippen LogP contribution in [-0.2, 0) is 0 Å². The predicted molar refractivity (Wildman–Crippen MR) is 526 cm³/mol. The summed E-state index contributed by atoms with van der Waals surface area (Å²) >= 11 is 16.1. The largest absolute Gasteiger partial charge is 0.394 e. The minimum absolute atomic E-state index is 0.0766. The van der Waals surface area contributed by atoms with Gasteiger partial charge in [0.2, 0.25) is 0 Å². The van der Waals surface area contributed by atoms with Gasteiger partial charge in [-0.05, 0) is 203 Å². The number of hydrogen-bond acceptors (Lipinski definition) is 33. The molecule has 716 valence electrons. The second-order valence-corrected chi connectivity index (χ2v) is 37.2. The third kappa shape index (κ3) is 38.3. The lowest BCUT2D eigenvalue weighted by Crippen LogP contribution is -2.46. The molecule has 0 heterocycles. The summed E-state index contributed by atoms with van der Waals surface area (Å²) in [6, 6.07) is -1.78. The van der Waals surface area contributed by atoms with E-state index in [0.717, 1.165) is 29.4 Å². The number of rotatable bonds is 45. The van der Waals surface area contributed by atoms with Crippen LogP contribution < -0.4 is 16.0 Å². The van der Waals surface area contributed by atoms with Crippen molar-refractivity contribution in [3.63, 3.8) is 0 Å². The number of nitrogens with one attached hydrogen (secondary N) is 3. The van der Waals surface area contributed by atoms with E-state index in [2.05, 4.69) is 16.0 Å². The Hall–Kier alpha value is -2.10. The van der Waals surface area contributed by atoms with Crippen LogP contribution in [0, 0.1) is 32.1 Å². The van der Waals surface area contributed by atoms with Crippen LogP contribution in [0.4, 0.5) is 31.4 Å². The summed E-state index contributed by atoms with van der Waals surface area (Å²) in [6.45, 7) is -9.74. The lowest BCUT2D eigenvalue weighted by molar-refractivity contribution is 0.0203. The SMILES string of the molecule is CC.CN(C)C(=O)Nc1c(I)c(C(=O)N(CC(O)CO)CC(O)CO)c(I)c(C(=O)N(CC(O)CO)CC(O)CO)c1I.CN(C)C(=O)Nc1c(I)c(C(=O)N(CC(O)CO)CC(O)CO)c(I)c(C(=O)N(CC(O)CO)CC(O)CO)c1I.CN(C)C(=O)Nc1c(I)c(C(=O)N(CC(O)CO)CC(O)CO)c(I)c(C(=O)N(CC(O)CO)CC(O)CO)c1I. The van der Waals surface area contributed by atoms with Gasteiger partial charge in [0.1, 0.15) is 0 Å². The molecule has 0 bridgehead atoms. The Kier molecular flexibility index (Phi) is 61.4. The van der Waals surface area contributed by atoms with E-state index in [1.807, 2.05) is 149 Å². The van der Waals surface area contributed by atoms with Crippen LogP contribution in [0.3, 0.4) is 0 Å². The second kappa shape index (κ2) is 62.5. The maximum Gasteiger partial charge on any atom is 0.321 e. The fourth-order valence-electron chi connectivity index (χ4n) is 10.2. The molecule has 0 aliphatic carbocycles. The van der Waals surface area contributed by atoms with Gasteiger partial charge in [0, 0.05) is 132 Å². The minimum atomic E-state index is -1.39. The summed E-state index contributed by atoms with van der Waals surface area (Å²) in [5.74, 6) is -4.82. The van der Waals surface area contributed by atoms with E-state index in [9.17, 15) is 166 Å². The topological polar surface area (TPSA) is 704 Å². The zero-order valence-electron chi connectivity index (χ0n) is 68.7. The van der Waals surface area contributed by atoms with Crippen molar-refractivity contribution in [3.8, 4) is 0 Å². The molecule has 0 aliphatic heterocycles. The van der Waals surface area contributed by atoms with Gasteiger partial charge in [-0.25, -0.2) is 14.4 Å². The number of halogens is 9. The highest BCUT2D eigenvalue weighted by atomic mass is 127. The van der Waals surface area contributed by atoms with Gasteiger partial charge in [0.05, 0.1) is 224 Å². The van der Waals surface area contributed by atoms with Gasteiger partial charge >= 0.3 is 18.1 Å². The van der Waals surface area contributed by atoms with E-state index in [1.54, 1.807) is 67.8 Å². The number of carbonyl (C=O) groups excluding carboxylic acids is 9. The molecule has 125 heavy (non-hydrogen) atoms. The highest BCUT2D eigenvalue weighted by Crippen LogP contribution is 2.41. The molecular weight excluding hydrogens is 2690 g/mol. The van der Waals surface area contributed by atoms with E-state index in [-0.39, 0.29) is 82.6 Å². The zero-order valence-corrected chi connectivity index (χ0v) is 88.2. The van der Waals surface area contributed by atoms with Crippen molar-refractivity contribution in [1.82, 2.24) is 44.1 Å². The lowest BCUT2D eigenvalue weighted by atomic mass is 10.1. The summed E-state index contributed by atoms with van der Waals surface area (Å²) in [5, 5.41) is 241. The van der Waals surface area contributed by atoms with Crippen LogP contribution in [0.2, 0.25) is 0 Å². The first kappa shape index (κ1) is 123. The van der Waals surface area contributed by atoms with Gasteiger partial charge in [-0.15, -0.1) is 0 Å². The number of benzene rings is 3. The number of amides is 12. The number of aliphatic hydroxyl groups excluding tert-OH is 24. The average Bonchev–Trinajstić information content (AvgIpc) is 0.767. The number of aliphatic hydroxyl groups is 24. The molecule has 54 heteroatoms. The van der Waals surface area contributed by atoms with Crippen LogP contribution in [0.15, 0.2) is 0 Å². The van der Waals surface area contributed by atoms with Gasteiger partial charge in [-0.3, -0.25) is 28.8 Å². The molecule has 0 radical (unpaired) electrons. The molecule has 45 nitrogen and oxygen atoms in total. The molecule has 12 atom stereocenters. The summed E-state index contributed by atoms with van der Waals surface area (Å²) < 4.78 is 1.45. The molecule has 0 spiro atoms. The monoisotopic (exact) mass is 2800 g/mol. The third-order valence-corrected chi connectivity index (χ3v) is 26.3. The van der Waals surface area contributed by atoms with E-state index < -0.39 is 285 Å². The molecule has 12 unspecified atom stereocenters. The Bertz CT molecular complexity index is 3320. The van der Waals surface area contributed by atoms with Crippen LogP contribution in [0.25, 0.3) is 0 Å². The van der Waals surface area contributed by atoms with Crippen molar-refractivity contribution in [3.05, 3.63) is 65.5 Å². The van der Waals surface area contributed by atoms with E-state index in [4.69, 9.17) is 0 Å². The normalized spacial score (nSPS) is 14.0. The van der Waals surface area contributed by atoms with Crippen molar-refractivity contribution in [2.24, 2.45) is 0 Å². The molecule has 3 aromatic rings. The Morgan fingerprint density at radius 3 is 0.392 bits per heavy atom. The maximum atomic E-state index is 13.9. The maximum absolute atomic E-state index is 13.9. The lowest BCUT2D eigenvalue weighted by Gasteiger charge is -2.30. The first-order chi connectivity index (χ1) is 58.4. The smallest absolute Gasteiger partial charge is 0.321 e. The number of anilines is 3. The Morgan fingerprint density at radius 2 is 0.312 bits per heavy atom. The molecule has 3 rings (SSSR count). The summed E-state index contributed by atoms with van der Waals surface area (Å²) in [6.07, 6.45) is -16.7. The molecule has 0 saturated carbocycles. The fourth-order valence-corrected chi connectivity index (χ4v) is 23.3. The quantitative estimate of drug-likeness (QED) is 0.0235. The summed E-state index contributed by atoms with van der Waals surface area (Å²) in [7, 11) is 8.85. The number of nitrogens with zero attached hydrogens (tertiary/aromatic N) is 9. The van der Waals surface area contributed by atoms with Gasteiger partial charge in [-0.1, -0.05) is 13.8 Å². The number of carbonyl (C=O) groups is 9. The van der Waals surface area contributed by atoms with Gasteiger partial charge in [0.15, 0.2) is 0 Å². The molecule has 12 amide bonds. The van der Waals surface area contributed by atoms with Crippen LogP contribution in [-0.4, -0.2) is 494 Å². The summed E-state index contributed by atoms with van der Waals surface area (Å²) in [4.78, 5) is 131. The highest BCUT2D eigenvalue weighted by Gasteiger charge is 2.40. The number of hydrogen-bond donors (Lipinski definition) is 27. The third-order valence-electron chi connectivity index (χ3n) is 16.6. The molecule has 3 aromatic carbocycles. The minimum Gasteiger partial charge on any atom is -0.394 e. The molecule has 0 saturated heterocycles. The standard InChI is InChI=1S/3C23H35I3N4O11.C2H6/c3*1-28(2)23(41)27-20-18(25)15(21(39)29(3-11(35)7-31)4-12(36)8-32)17(24)16(19(20)26)22(40)30(5-13(37)9-33)6-14(38)10-34;1-2/h3*11-14,31-38H,3-10H2,1-2H3,(H,27,41);1-2H3. The molecule has 0 fully saturated rings. The van der Waals surface area contributed by atoms with Crippen LogP contribution >= 0.6 is 203 Å². The van der Waals surface area contributed by atoms with Gasteiger partial charge in [-0.2, -0.15) is 0 Å². The molecule has 27 N–H and O–H groups in total. The van der Waals surface area contributed by atoms with E-state index in [0.29, 0.717) is 0 Å². The Balaban J connectivity index is 0.00000183. The van der Waals surface area contributed by atoms with E-state index in [1.165, 1.54) is 57.0 Å². The first-order valence-electron chi connectivity index (χ1n) is 37.2. The predicted octanol–water partition coefficient (Wildman–Crippen LogP) is -5.30.